The molecule has 1 aromatic rings. The number of aromatic nitrogens is 2. The van der Waals surface area contributed by atoms with Gasteiger partial charge in [-0.25, -0.2) is 9.97 Å². The van der Waals surface area contributed by atoms with Crippen LogP contribution in [0.4, 0.5) is 0 Å². The van der Waals surface area contributed by atoms with Gasteiger partial charge in [-0.2, -0.15) is 0 Å². The van der Waals surface area contributed by atoms with Gasteiger partial charge in [-0.3, -0.25) is 0 Å². The third kappa shape index (κ3) is 2.57. The number of hydrogen-bond donors (Lipinski definition) is 2. The Bertz CT molecular complexity index is 314. The van der Waals surface area contributed by atoms with Gasteiger partial charge in [-0.1, -0.05) is 13.3 Å². The molecule has 0 aromatic carbocycles. The normalized spacial score (nSPS) is 30.2. The molecule has 88 valence electrons. The summed E-state index contributed by atoms with van der Waals surface area (Å²) in [4.78, 5) is 8.20. The van der Waals surface area contributed by atoms with Gasteiger partial charge in [0.1, 0.15) is 6.33 Å². The lowest BCUT2D eigenvalue weighted by Crippen LogP contribution is -2.49. The van der Waals surface area contributed by atoms with E-state index in [9.17, 15) is 0 Å². The van der Waals surface area contributed by atoms with Crippen molar-refractivity contribution in [2.45, 2.75) is 44.2 Å². The van der Waals surface area contributed by atoms with Crippen molar-refractivity contribution < 1.29 is 0 Å². The number of nitrogens with zero attached hydrogens (tertiary/aromatic N) is 2. The van der Waals surface area contributed by atoms with Crippen LogP contribution in [-0.4, -0.2) is 28.6 Å². The number of rotatable bonds is 3. The number of piperidine rings is 1. The van der Waals surface area contributed by atoms with Gasteiger partial charge < -0.3 is 11.1 Å². The fourth-order valence-electron chi connectivity index (χ4n) is 2.50. The molecule has 0 saturated carbocycles. The number of nitrogens with two attached hydrogens (primary N) is 1. The molecule has 1 fully saturated rings. The summed E-state index contributed by atoms with van der Waals surface area (Å²) in [6, 6.07) is 0.772. The summed E-state index contributed by atoms with van der Waals surface area (Å²) in [5.74, 6) is 0.463. The largest absolute Gasteiger partial charge is 0.327 e. The minimum absolute atomic E-state index is 0.248. The van der Waals surface area contributed by atoms with Gasteiger partial charge in [-0.05, 0) is 18.4 Å². The highest BCUT2D eigenvalue weighted by atomic mass is 15.0. The maximum Gasteiger partial charge on any atom is 0.115 e. The predicted molar refractivity (Wildman–Crippen MR) is 64.1 cm³/mol. The molecule has 1 aliphatic heterocycles. The second-order valence-corrected chi connectivity index (χ2v) is 4.58. The van der Waals surface area contributed by atoms with E-state index in [1.807, 2.05) is 12.4 Å². The van der Waals surface area contributed by atoms with E-state index in [2.05, 4.69) is 22.2 Å². The molecule has 0 aliphatic carbocycles. The molecule has 16 heavy (non-hydrogen) atoms. The summed E-state index contributed by atoms with van der Waals surface area (Å²) >= 11 is 0. The molecule has 2 rings (SSSR count). The molecule has 4 nitrogen and oxygen atoms in total. The molecule has 0 spiro atoms. The van der Waals surface area contributed by atoms with Crippen molar-refractivity contribution in [2.24, 2.45) is 5.73 Å². The second-order valence-electron chi connectivity index (χ2n) is 4.58. The van der Waals surface area contributed by atoms with E-state index >= 15 is 0 Å². The van der Waals surface area contributed by atoms with Gasteiger partial charge in [0.15, 0.2) is 0 Å². The average Bonchev–Trinajstić information content (AvgIpc) is 2.33. The van der Waals surface area contributed by atoms with Crippen LogP contribution in [0.1, 0.15) is 37.7 Å². The lowest BCUT2D eigenvalue weighted by atomic mass is 9.82. The van der Waals surface area contributed by atoms with Gasteiger partial charge in [0.25, 0.3) is 0 Å². The van der Waals surface area contributed by atoms with Crippen LogP contribution in [0.5, 0.6) is 0 Å². The molecular formula is C12H20N4. The first kappa shape index (κ1) is 11.5. The van der Waals surface area contributed by atoms with Crippen LogP contribution in [0.15, 0.2) is 18.7 Å². The highest BCUT2D eigenvalue weighted by Gasteiger charge is 2.29. The molecule has 0 amide bonds. The third-order valence-electron chi connectivity index (χ3n) is 3.29. The fourth-order valence-corrected chi connectivity index (χ4v) is 2.50. The van der Waals surface area contributed by atoms with Crippen LogP contribution >= 0.6 is 0 Å². The summed E-state index contributed by atoms with van der Waals surface area (Å²) < 4.78 is 0. The Balaban J connectivity index is 2.14. The molecular weight excluding hydrogens is 200 g/mol. The van der Waals surface area contributed by atoms with Crippen LogP contribution in [0.25, 0.3) is 0 Å². The lowest BCUT2D eigenvalue weighted by molar-refractivity contribution is 0.305. The molecule has 1 aromatic heterocycles. The Labute approximate surface area is 96.7 Å². The standard InChI is InChI=1S/C12H20N4/c1-2-3-12-11(4-10(13)7-16-12)9-5-14-8-15-6-9/h5-6,8,10-12,16H,2-4,7,13H2,1H3. The minimum atomic E-state index is 0.248. The molecule has 3 atom stereocenters. The van der Waals surface area contributed by atoms with E-state index < -0.39 is 0 Å². The molecule has 0 bridgehead atoms. The molecule has 1 saturated heterocycles. The molecule has 3 N–H and O–H groups in total. The first-order valence-corrected chi connectivity index (χ1v) is 6.05. The number of nitrogens with one attached hydrogen (secondary N) is 1. The molecule has 2 heterocycles. The zero-order valence-electron chi connectivity index (χ0n) is 9.76. The summed E-state index contributed by atoms with van der Waals surface area (Å²) in [6.45, 7) is 3.14. The Morgan fingerprint density at radius 2 is 2.19 bits per heavy atom. The van der Waals surface area contributed by atoms with Crippen LogP contribution in [0.3, 0.4) is 0 Å². The Hall–Kier alpha value is -1.00. The number of hydrogen-bond acceptors (Lipinski definition) is 4. The monoisotopic (exact) mass is 220 g/mol. The zero-order chi connectivity index (χ0) is 11.4. The van der Waals surface area contributed by atoms with Crippen molar-refractivity contribution in [1.29, 1.82) is 0 Å². The van der Waals surface area contributed by atoms with Crippen molar-refractivity contribution in [3.63, 3.8) is 0 Å². The quantitative estimate of drug-likeness (QED) is 0.799. The van der Waals surface area contributed by atoms with Gasteiger partial charge in [0.05, 0.1) is 0 Å². The first-order valence-electron chi connectivity index (χ1n) is 6.05. The van der Waals surface area contributed by atoms with E-state index in [0.717, 1.165) is 13.0 Å². The van der Waals surface area contributed by atoms with E-state index in [-0.39, 0.29) is 6.04 Å². The molecule has 3 unspecified atom stereocenters. The topological polar surface area (TPSA) is 63.8 Å². The predicted octanol–water partition coefficient (Wildman–Crippen LogP) is 1.05. The van der Waals surface area contributed by atoms with E-state index in [1.165, 1.54) is 18.4 Å². The molecule has 4 heteroatoms. The van der Waals surface area contributed by atoms with Gasteiger partial charge in [0.2, 0.25) is 0 Å². The van der Waals surface area contributed by atoms with Crippen LogP contribution < -0.4 is 11.1 Å². The van der Waals surface area contributed by atoms with Crippen molar-refractivity contribution in [3.05, 3.63) is 24.3 Å². The Morgan fingerprint density at radius 1 is 1.44 bits per heavy atom. The first-order chi connectivity index (χ1) is 7.81. The van der Waals surface area contributed by atoms with Crippen LogP contribution in [0, 0.1) is 0 Å². The van der Waals surface area contributed by atoms with Gasteiger partial charge >= 0.3 is 0 Å². The summed E-state index contributed by atoms with van der Waals surface area (Å²) in [6.07, 6.45) is 8.82. The van der Waals surface area contributed by atoms with Gasteiger partial charge in [-0.15, -0.1) is 0 Å². The highest BCUT2D eigenvalue weighted by molar-refractivity contribution is 5.15. The van der Waals surface area contributed by atoms with E-state index in [0.29, 0.717) is 12.0 Å². The molecule has 0 radical (unpaired) electrons. The summed E-state index contributed by atoms with van der Waals surface area (Å²) in [5, 5.41) is 3.54. The Morgan fingerprint density at radius 3 is 2.88 bits per heavy atom. The van der Waals surface area contributed by atoms with Crippen molar-refractivity contribution >= 4 is 0 Å². The Kier molecular flexibility index (Phi) is 3.85. The van der Waals surface area contributed by atoms with Crippen molar-refractivity contribution in [2.75, 3.05) is 6.54 Å². The maximum atomic E-state index is 6.02. The van der Waals surface area contributed by atoms with Crippen molar-refractivity contribution in [3.8, 4) is 0 Å². The highest BCUT2D eigenvalue weighted by Crippen LogP contribution is 2.28. The SMILES string of the molecule is CCCC1NCC(N)CC1c1cncnc1. The minimum Gasteiger partial charge on any atom is -0.327 e. The third-order valence-corrected chi connectivity index (χ3v) is 3.29. The van der Waals surface area contributed by atoms with Gasteiger partial charge in [0, 0.05) is 36.9 Å². The summed E-state index contributed by atoms with van der Waals surface area (Å²) in [7, 11) is 0. The molecule has 1 aliphatic rings. The second kappa shape index (κ2) is 5.37. The van der Waals surface area contributed by atoms with E-state index in [1.54, 1.807) is 6.33 Å². The summed E-state index contributed by atoms with van der Waals surface area (Å²) in [5.41, 5.74) is 7.23. The van der Waals surface area contributed by atoms with E-state index in [4.69, 9.17) is 5.73 Å². The maximum absolute atomic E-state index is 6.02. The van der Waals surface area contributed by atoms with Crippen LogP contribution in [0.2, 0.25) is 0 Å². The zero-order valence-corrected chi connectivity index (χ0v) is 9.76. The smallest absolute Gasteiger partial charge is 0.115 e. The fraction of sp³-hybridized carbons (Fsp3) is 0.667. The van der Waals surface area contributed by atoms with Crippen molar-refractivity contribution in [1.82, 2.24) is 15.3 Å². The lowest BCUT2D eigenvalue weighted by Gasteiger charge is -2.35. The van der Waals surface area contributed by atoms with Crippen LogP contribution in [-0.2, 0) is 0 Å². The average molecular weight is 220 g/mol.